The van der Waals surface area contributed by atoms with Gasteiger partial charge in [0.05, 0.1) is 12.5 Å². The minimum atomic E-state index is -0.180. The number of ether oxygens (including phenoxy) is 2. The Bertz CT molecular complexity index is 965. The van der Waals surface area contributed by atoms with Crippen LogP contribution < -0.4 is 10.1 Å². The molecule has 2 aromatic rings. The number of carbonyl (C=O) groups is 2. The lowest BCUT2D eigenvalue weighted by molar-refractivity contribution is -0.126. The van der Waals surface area contributed by atoms with Gasteiger partial charge in [0.1, 0.15) is 5.75 Å². The average molecular weight is 465 g/mol. The van der Waals surface area contributed by atoms with Crippen molar-refractivity contribution in [1.29, 1.82) is 0 Å². The van der Waals surface area contributed by atoms with E-state index in [1.54, 1.807) is 0 Å². The van der Waals surface area contributed by atoms with E-state index in [-0.39, 0.29) is 23.1 Å². The second-order valence-electron chi connectivity index (χ2n) is 9.52. The van der Waals surface area contributed by atoms with E-state index in [0.29, 0.717) is 45.0 Å². The van der Waals surface area contributed by atoms with Gasteiger partial charge in [0.15, 0.2) is 0 Å². The molecule has 2 amide bonds. The molecule has 0 radical (unpaired) electrons. The van der Waals surface area contributed by atoms with E-state index in [4.69, 9.17) is 9.47 Å². The summed E-state index contributed by atoms with van der Waals surface area (Å²) in [7, 11) is 0. The fraction of sp³-hybridized carbons (Fsp3) is 0.500. The van der Waals surface area contributed by atoms with Crippen molar-refractivity contribution in [3.8, 4) is 5.75 Å². The number of nitrogens with one attached hydrogen (secondary N) is 1. The number of piperidine rings is 1. The third-order valence-corrected chi connectivity index (χ3v) is 7.21. The zero-order valence-corrected chi connectivity index (χ0v) is 20.3. The van der Waals surface area contributed by atoms with E-state index >= 15 is 0 Å². The molecule has 34 heavy (non-hydrogen) atoms. The third kappa shape index (κ3) is 5.61. The van der Waals surface area contributed by atoms with Crippen molar-refractivity contribution < 1.29 is 19.1 Å². The van der Waals surface area contributed by atoms with Gasteiger partial charge in [-0.15, -0.1) is 0 Å². The van der Waals surface area contributed by atoms with Gasteiger partial charge in [-0.2, -0.15) is 0 Å². The van der Waals surface area contributed by atoms with Gasteiger partial charge in [-0.3, -0.25) is 9.59 Å². The quantitative estimate of drug-likeness (QED) is 0.670. The van der Waals surface area contributed by atoms with Crippen molar-refractivity contribution in [2.24, 2.45) is 5.92 Å². The number of likely N-dealkylation sites (tertiary alicyclic amines) is 1. The standard InChI is InChI=1S/C28H36N2O4/c1-3-34-25-12-10-24(11-13-25)28(14-17-33-18-15-28)20-29-26(31)23-5-4-16-30(19-23)27(32)22-8-6-21(2)7-9-22/h6-13,23H,3-5,14-20H2,1-2H3,(H,29,31). The van der Waals surface area contributed by atoms with Gasteiger partial charge in [0.2, 0.25) is 5.91 Å². The summed E-state index contributed by atoms with van der Waals surface area (Å²) in [5.74, 6) is 0.726. The molecule has 1 N–H and O–H groups in total. The molecule has 0 spiro atoms. The summed E-state index contributed by atoms with van der Waals surface area (Å²) in [5, 5.41) is 3.24. The van der Waals surface area contributed by atoms with Crippen LogP contribution in [0.4, 0.5) is 0 Å². The van der Waals surface area contributed by atoms with Crippen molar-refractivity contribution in [3.05, 3.63) is 65.2 Å². The van der Waals surface area contributed by atoms with Crippen LogP contribution in [0.25, 0.3) is 0 Å². The highest BCUT2D eigenvalue weighted by Gasteiger charge is 2.36. The highest BCUT2D eigenvalue weighted by atomic mass is 16.5. The number of amides is 2. The largest absolute Gasteiger partial charge is 0.494 e. The Hall–Kier alpha value is -2.86. The van der Waals surface area contributed by atoms with E-state index in [1.165, 1.54) is 5.56 Å². The van der Waals surface area contributed by atoms with Crippen molar-refractivity contribution in [3.63, 3.8) is 0 Å². The van der Waals surface area contributed by atoms with Gasteiger partial charge >= 0.3 is 0 Å². The van der Waals surface area contributed by atoms with Gasteiger partial charge in [-0.1, -0.05) is 29.8 Å². The summed E-state index contributed by atoms with van der Waals surface area (Å²) in [4.78, 5) is 28.0. The Kier molecular flexibility index (Phi) is 7.88. The molecule has 2 aliphatic heterocycles. The smallest absolute Gasteiger partial charge is 0.253 e. The molecule has 0 saturated carbocycles. The van der Waals surface area contributed by atoms with Gasteiger partial charge < -0.3 is 19.7 Å². The van der Waals surface area contributed by atoms with Crippen LogP contribution in [0.5, 0.6) is 5.75 Å². The molecule has 2 fully saturated rings. The SMILES string of the molecule is CCOc1ccc(C2(CNC(=O)C3CCCN(C(=O)c4ccc(C)cc4)C3)CCOCC2)cc1. The van der Waals surface area contributed by atoms with Crippen LogP contribution in [0.15, 0.2) is 48.5 Å². The van der Waals surface area contributed by atoms with Crippen molar-refractivity contribution in [2.45, 2.75) is 44.9 Å². The number of hydrogen-bond acceptors (Lipinski definition) is 4. The van der Waals surface area contributed by atoms with Crippen molar-refractivity contribution >= 4 is 11.8 Å². The van der Waals surface area contributed by atoms with Crippen LogP contribution in [0.3, 0.4) is 0 Å². The maximum atomic E-state index is 13.2. The first-order valence-electron chi connectivity index (χ1n) is 12.5. The number of nitrogens with zero attached hydrogens (tertiary/aromatic N) is 1. The second kappa shape index (κ2) is 11.0. The number of rotatable bonds is 7. The van der Waals surface area contributed by atoms with Crippen LogP contribution in [0.2, 0.25) is 0 Å². The molecule has 6 nitrogen and oxygen atoms in total. The molecule has 6 heteroatoms. The van der Waals surface area contributed by atoms with E-state index in [1.807, 2.05) is 55.1 Å². The normalized spacial score (nSPS) is 19.9. The summed E-state index contributed by atoms with van der Waals surface area (Å²) in [6.45, 7) is 7.74. The monoisotopic (exact) mass is 464 g/mol. The van der Waals surface area contributed by atoms with Gasteiger partial charge in [-0.05, 0) is 69.4 Å². The van der Waals surface area contributed by atoms with Gasteiger partial charge in [-0.25, -0.2) is 0 Å². The summed E-state index contributed by atoms with van der Waals surface area (Å²) in [6.07, 6.45) is 3.38. The Labute approximate surface area is 202 Å². The van der Waals surface area contributed by atoms with Gasteiger partial charge in [0.25, 0.3) is 5.91 Å². The summed E-state index contributed by atoms with van der Waals surface area (Å²) in [5.41, 5.74) is 2.87. The highest BCUT2D eigenvalue weighted by molar-refractivity contribution is 5.94. The molecule has 2 heterocycles. The van der Waals surface area contributed by atoms with Crippen molar-refractivity contribution in [1.82, 2.24) is 10.2 Å². The first-order valence-corrected chi connectivity index (χ1v) is 12.5. The molecule has 1 atom stereocenters. The fourth-order valence-electron chi connectivity index (χ4n) is 5.06. The van der Waals surface area contributed by atoms with Gasteiger partial charge in [0, 0.05) is 43.8 Å². The van der Waals surface area contributed by atoms with Crippen LogP contribution in [0, 0.1) is 12.8 Å². The minimum Gasteiger partial charge on any atom is -0.494 e. The van der Waals surface area contributed by atoms with E-state index < -0.39 is 0 Å². The predicted octanol–water partition coefficient (Wildman–Crippen LogP) is 4.11. The number of benzene rings is 2. The number of carbonyl (C=O) groups excluding carboxylic acids is 2. The van der Waals surface area contributed by atoms with Crippen LogP contribution in [-0.2, 0) is 14.9 Å². The van der Waals surface area contributed by atoms with Crippen LogP contribution >= 0.6 is 0 Å². The predicted molar refractivity (Wildman–Crippen MR) is 132 cm³/mol. The highest BCUT2D eigenvalue weighted by Crippen LogP contribution is 2.35. The van der Waals surface area contributed by atoms with E-state index in [2.05, 4.69) is 17.4 Å². The second-order valence-corrected chi connectivity index (χ2v) is 9.52. The lowest BCUT2D eigenvalue weighted by Gasteiger charge is -2.39. The first kappa shape index (κ1) is 24.3. The molecule has 4 rings (SSSR count). The lowest BCUT2D eigenvalue weighted by Crippen LogP contribution is -2.49. The van der Waals surface area contributed by atoms with E-state index in [9.17, 15) is 9.59 Å². The van der Waals surface area contributed by atoms with Crippen molar-refractivity contribution in [2.75, 3.05) is 39.5 Å². The molecule has 2 aliphatic rings. The molecule has 2 aromatic carbocycles. The Balaban J connectivity index is 1.40. The molecule has 0 aromatic heterocycles. The van der Waals surface area contributed by atoms with Crippen LogP contribution in [-0.4, -0.2) is 56.2 Å². The molecule has 0 bridgehead atoms. The molecular formula is C28H36N2O4. The molecule has 0 aliphatic carbocycles. The summed E-state index contributed by atoms with van der Waals surface area (Å²) < 4.78 is 11.2. The van der Waals surface area contributed by atoms with Crippen LogP contribution in [0.1, 0.15) is 54.1 Å². The summed E-state index contributed by atoms with van der Waals surface area (Å²) in [6, 6.07) is 15.9. The maximum absolute atomic E-state index is 13.2. The number of hydrogen-bond donors (Lipinski definition) is 1. The molecule has 182 valence electrons. The molecular weight excluding hydrogens is 428 g/mol. The Morgan fingerprint density at radius 2 is 1.79 bits per heavy atom. The number of aryl methyl sites for hydroxylation is 1. The fourth-order valence-corrected chi connectivity index (χ4v) is 5.06. The average Bonchev–Trinajstić information content (AvgIpc) is 2.88. The topological polar surface area (TPSA) is 67.9 Å². The lowest BCUT2D eigenvalue weighted by atomic mass is 9.74. The third-order valence-electron chi connectivity index (χ3n) is 7.21. The zero-order valence-electron chi connectivity index (χ0n) is 20.3. The minimum absolute atomic E-state index is 0.00721. The first-order chi connectivity index (χ1) is 16.5. The summed E-state index contributed by atoms with van der Waals surface area (Å²) >= 11 is 0. The van der Waals surface area contributed by atoms with E-state index in [0.717, 1.165) is 37.0 Å². The molecule has 1 unspecified atom stereocenters. The zero-order chi connectivity index (χ0) is 24.0. The Morgan fingerprint density at radius 3 is 2.47 bits per heavy atom. The Morgan fingerprint density at radius 1 is 1.09 bits per heavy atom. The maximum Gasteiger partial charge on any atom is 0.253 e. The molecule has 2 saturated heterocycles.